The number of para-hydroxylation sites is 1. The molecule has 15 heavy (non-hydrogen) atoms. The van der Waals surface area contributed by atoms with Crippen molar-refractivity contribution in [2.24, 2.45) is 5.92 Å². The molecule has 0 saturated heterocycles. The first-order valence-corrected chi connectivity index (χ1v) is 5.93. The molecule has 0 spiro atoms. The summed E-state index contributed by atoms with van der Waals surface area (Å²) in [5, 5.41) is 9.28. The van der Waals surface area contributed by atoms with E-state index in [2.05, 4.69) is 20.8 Å². The lowest BCUT2D eigenvalue weighted by Crippen LogP contribution is -1.85. The largest absolute Gasteiger partial charge is 0.508 e. The van der Waals surface area contributed by atoms with Gasteiger partial charge in [-0.05, 0) is 23.5 Å². The van der Waals surface area contributed by atoms with Gasteiger partial charge in [0.25, 0.3) is 0 Å². The van der Waals surface area contributed by atoms with Gasteiger partial charge in [0.1, 0.15) is 5.75 Å². The van der Waals surface area contributed by atoms with Crippen molar-refractivity contribution in [2.75, 3.05) is 0 Å². The Kier molecular flexibility index (Phi) is 4.67. The average Bonchev–Trinajstić information content (AvgIpc) is 3.02. The van der Waals surface area contributed by atoms with E-state index < -0.39 is 0 Å². The normalized spacial score (nSPS) is 14.7. The van der Waals surface area contributed by atoms with Gasteiger partial charge >= 0.3 is 0 Å². The van der Waals surface area contributed by atoms with Crippen LogP contribution in [0.1, 0.15) is 51.5 Å². The maximum absolute atomic E-state index is 9.28. The number of rotatable bonds is 2. The fraction of sp³-hybridized carbons (Fsp3) is 0.571. The fourth-order valence-corrected chi connectivity index (χ4v) is 1.50. The van der Waals surface area contributed by atoms with Crippen LogP contribution in [-0.2, 0) is 0 Å². The Balaban J connectivity index is 0.000000187. The van der Waals surface area contributed by atoms with Crippen LogP contribution in [0, 0.1) is 5.92 Å². The lowest BCUT2D eigenvalue weighted by Gasteiger charge is -2.05. The molecule has 84 valence electrons. The molecule has 0 atom stereocenters. The van der Waals surface area contributed by atoms with E-state index in [1.807, 2.05) is 18.2 Å². The van der Waals surface area contributed by atoms with Gasteiger partial charge < -0.3 is 5.11 Å². The van der Waals surface area contributed by atoms with Crippen LogP contribution in [0.5, 0.6) is 5.75 Å². The van der Waals surface area contributed by atoms with E-state index in [1.54, 1.807) is 6.07 Å². The highest BCUT2D eigenvalue weighted by atomic mass is 16.3. The van der Waals surface area contributed by atoms with Crippen LogP contribution in [0.4, 0.5) is 0 Å². The molecular weight excluding hydrogens is 184 g/mol. The van der Waals surface area contributed by atoms with Gasteiger partial charge in [-0.1, -0.05) is 58.2 Å². The molecule has 0 unspecified atom stereocenters. The summed E-state index contributed by atoms with van der Waals surface area (Å²) in [4.78, 5) is 0. The Morgan fingerprint density at radius 1 is 1.27 bits per heavy atom. The van der Waals surface area contributed by atoms with E-state index in [1.165, 1.54) is 19.3 Å². The minimum atomic E-state index is 0.400. The smallest absolute Gasteiger partial charge is 0.119 e. The predicted octanol–water partition coefficient (Wildman–Crippen LogP) is 4.32. The quantitative estimate of drug-likeness (QED) is 0.764. The van der Waals surface area contributed by atoms with Crippen LogP contribution in [0.3, 0.4) is 0 Å². The average molecular weight is 206 g/mol. The molecule has 1 aromatic carbocycles. The maximum Gasteiger partial charge on any atom is 0.119 e. The van der Waals surface area contributed by atoms with Gasteiger partial charge in [-0.3, -0.25) is 0 Å². The molecule has 1 saturated carbocycles. The van der Waals surface area contributed by atoms with Crippen molar-refractivity contribution >= 4 is 0 Å². The van der Waals surface area contributed by atoms with Gasteiger partial charge in [0.05, 0.1) is 0 Å². The number of phenols is 1. The number of hydrogen-bond acceptors (Lipinski definition) is 1. The molecule has 1 aliphatic carbocycles. The maximum atomic E-state index is 9.28. The van der Waals surface area contributed by atoms with E-state index >= 15 is 0 Å². The summed E-state index contributed by atoms with van der Waals surface area (Å²) in [5.74, 6) is 1.94. The Bertz CT molecular complexity index is 287. The van der Waals surface area contributed by atoms with Crippen LogP contribution in [0.15, 0.2) is 24.3 Å². The second-order valence-corrected chi connectivity index (χ2v) is 4.57. The first kappa shape index (κ1) is 12.1. The lowest BCUT2D eigenvalue weighted by atomic mass is 10.0. The Morgan fingerprint density at radius 3 is 2.13 bits per heavy atom. The minimum absolute atomic E-state index is 0.400. The first-order valence-electron chi connectivity index (χ1n) is 5.93. The Hall–Kier alpha value is -0.980. The van der Waals surface area contributed by atoms with Crippen LogP contribution >= 0.6 is 0 Å². The standard InChI is InChI=1S/C9H12O.C5H10/c1-7(2)8-5-3-4-6-9(8)10;1-2-5-3-4-5/h3-7,10H,1-2H3;5H,2-4H2,1H3. The molecule has 0 radical (unpaired) electrons. The van der Waals surface area contributed by atoms with Crippen molar-refractivity contribution in [1.29, 1.82) is 0 Å². The van der Waals surface area contributed by atoms with Gasteiger partial charge in [-0.25, -0.2) is 0 Å². The van der Waals surface area contributed by atoms with Crippen molar-refractivity contribution in [3.05, 3.63) is 29.8 Å². The highest BCUT2D eigenvalue weighted by Gasteiger charge is 2.17. The second kappa shape index (κ2) is 5.79. The van der Waals surface area contributed by atoms with Crippen molar-refractivity contribution in [2.45, 2.75) is 46.0 Å². The van der Waals surface area contributed by atoms with Crippen molar-refractivity contribution in [3.63, 3.8) is 0 Å². The zero-order valence-corrected chi connectivity index (χ0v) is 10.0. The molecule has 2 rings (SSSR count). The number of aromatic hydroxyl groups is 1. The number of phenolic OH excluding ortho intramolecular Hbond substituents is 1. The molecule has 0 aromatic heterocycles. The van der Waals surface area contributed by atoms with E-state index in [9.17, 15) is 5.11 Å². The number of benzene rings is 1. The van der Waals surface area contributed by atoms with Gasteiger partial charge in [-0.2, -0.15) is 0 Å². The molecule has 1 fully saturated rings. The summed E-state index contributed by atoms with van der Waals surface area (Å²) < 4.78 is 0. The predicted molar refractivity (Wildman–Crippen MR) is 65.2 cm³/mol. The third-order valence-corrected chi connectivity index (χ3v) is 2.83. The van der Waals surface area contributed by atoms with Gasteiger partial charge in [0.2, 0.25) is 0 Å². The summed E-state index contributed by atoms with van der Waals surface area (Å²) in [6, 6.07) is 7.44. The number of hydrogen-bond donors (Lipinski definition) is 1. The Labute approximate surface area is 93.1 Å². The molecule has 1 N–H and O–H groups in total. The highest BCUT2D eigenvalue weighted by molar-refractivity contribution is 5.33. The zero-order valence-electron chi connectivity index (χ0n) is 10.0. The molecular formula is C14H22O. The second-order valence-electron chi connectivity index (χ2n) is 4.57. The molecule has 1 heteroatoms. The monoisotopic (exact) mass is 206 g/mol. The highest BCUT2D eigenvalue weighted by Crippen LogP contribution is 2.31. The summed E-state index contributed by atoms with van der Waals surface area (Å²) in [7, 11) is 0. The molecule has 0 aliphatic heterocycles. The first-order chi connectivity index (χ1) is 7.15. The molecule has 0 heterocycles. The summed E-state index contributed by atoms with van der Waals surface area (Å²) >= 11 is 0. The van der Waals surface area contributed by atoms with Crippen LogP contribution in [-0.4, -0.2) is 5.11 Å². The minimum Gasteiger partial charge on any atom is -0.508 e. The summed E-state index contributed by atoms with van der Waals surface area (Å²) in [6.45, 7) is 6.39. The van der Waals surface area contributed by atoms with Gasteiger partial charge in [-0.15, -0.1) is 0 Å². The molecule has 0 amide bonds. The van der Waals surface area contributed by atoms with Gasteiger partial charge in [0.15, 0.2) is 0 Å². The topological polar surface area (TPSA) is 20.2 Å². The molecule has 1 aromatic rings. The third-order valence-electron chi connectivity index (χ3n) is 2.83. The fourth-order valence-electron chi connectivity index (χ4n) is 1.50. The van der Waals surface area contributed by atoms with Crippen LogP contribution < -0.4 is 0 Å². The van der Waals surface area contributed by atoms with Crippen molar-refractivity contribution in [1.82, 2.24) is 0 Å². The van der Waals surface area contributed by atoms with Gasteiger partial charge in [0, 0.05) is 0 Å². The zero-order chi connectivity index (χ0) is 11.3. The Morgan fingerprint density at radius 2 is 1.87 bits per heavy atom. The van der Waals surface area contributed by atoms with Crippen LogP contribution in [0.2, 0.25) is 0 Å². The summed E-state index contributed by atoms with van der Waals surface area (Å²) in [5.41, 5.74) is 1.02. The molecule has 1 aliphatic rings. The van der Waals surface area contributed by atoms with Crippen molar-refractivity contribution < 1.29 is 5.11 Å². The molecule has 1 nitrogen and oxygen atoms in total. The van der Waals surface area contributed by atoms with E-state index in [4.69, 9.17) is 0 Å². The van der Waals surface area contributed by atoms with Crippen LogP contribution in [0.25, 0.3) is 0 Å². The summed E-state index contributed by atoms with van der Waals surface area (Å²) in [6.07, 6.45) is 4.44. The third kappa shape index (κ3) is 4.37. The van der Waals surface area contributed by atoms with E-state index in [0.717, 1.165) is 11.5 Å². The van der Waals surface area contributed by atoms with E-state index in [0.29, 0.717) is 11.7 Å². The molecule has 0 bridgehead atoms. The van der Waals surface area contributed by atoms with Crippen molar-refractivity contribution in [3.8, 4) is 5.75 Å². The van der Waals surface area contributed by atoms with E-state index in [-0.39, 0.29) is 0 Å². The lowest BCUT2D eigenvalue weighted by molar-refractivity contribution is 0.465. The SMILES string of the molecule is CC(C)c1ccccc1O.CCC1CC1.